The van der Waals surface area contributed by atoms with Crippen LogP contribution in [0.2, 0.25) is 0 Å². The van der Waals surface area contributed by atoms with E-state index in [-0.39, 0.29) is 18.9 Å². The summed E-state index contributed by atoms with van der Waals surface area (Å²) in [6.45, 7) is 2.77. The van der Waals surface area contributed by atoms with Gasteiger partial charge in [-0.3, -0.25) is 4.79 Å². The summed E-state index contributed by atoms with van der Waals surface area (Å²) in [6, 6.07) is 0. The third kappa shape index (κ3) is 6.67. The van der Waals surface area contributed by atoms with Gasteiger partial charge in [0.2, 0.25) is 5.91 Å². The molecule has 2 amide bonds. The van der Waals surface area contributed by atoms with E-state index in [4.69, 9.17) is 10.6 Å². The molecule has 0 aromatic heterocycles. The molecule has 0 heterocycles. The van der Waals surface area contributed by atoms with Crippen LogP contribution in [-0.4, -0.2) is 58.6 Å². The lowest BCUT2D eigenvalue weighted by Crippen LogP contribution is -2.46. The standard InChI is InChI=1S/C11H21N5O4S/c1-11(2,7-17)9(19)10(20)16(15-14-12)5-3-8(18)13-4-6-21/h9,17,19,21H,3-7H2,1-2H3,(H,13,18)/t9-/m0/s1. The van der Waals surface area contributed by atoms with Gasteiger partial charge in [0.25, 0.3) is 0 Å². The van der Waals surface area contributed by atoms with Gasteiger partial charge in [0.05, 0.1) is 13.0 Å². The number of aliphatic hydroxyl groups excluding tert-OH is 2. The second kappa shape index (κ2) is 9.46. The number of nitrogens with zero attached hydrogens (tertiary/aromatic N) is 4. The van der Waals surface area contributed by atoms with Crippen molar-refractivity contribution in [3.8, 4) is 0 Å². The van der Waals surface area contributed by atoms with Crippen LogP contribution < -0.4 is 5.32 Å². The van der Waals surface area contributed by atoms with Crippen molar-refractivity contribution in [3.05, 3.63) is 10.4 Å². The number of hydrogen-bond acceptors (Lipinski definition) is 6. The first-order valence-electron chi connectivity index (χ1n) is 6.33. The second-order valence-electron chi connectivity index (χ2n) is 5.01. The van der Waals surface area contributed by atoms with E-state index in [0.717, 1.165) is 0 Å². The van der Waals surface area contributed by atoms with Crippen molar-refractivity contribution in [2.45, 2.75) is 26.4 Å². The molecule has 0 aromatic carbocycles. The molecule has 3 N–H and O–H groups in total. The number of aliphatic hydroxyl groups is 2. The molecule has 0 saturated carbocycles. The highest BCUT2D eigenvalue weighted by molar-refractivity contribution is 7.80. The largest absolute Gasteiger partial charge is 0.396 e. The normalized spacial score (nSPS) is 12.2. The molecule has 10 heteroatoms. The average molecular weight is 319 g/mol. The summed E-state index contributed by atoms with van der Waals surface area (Å²) in [5.41, 5.74) is 7.37. The molecule has 0 aliphatic heterocycles. The molecule has 0 fully saturated rings. The van der Waals surface area contributed by atoms with E-state index < -0.39 is 24.0 Å². The van der Waals surface area contributed by atoms with Crippen LogP contribution in [0.15, 0.2) is 5.22 Å². The SMILES string of the molecule is CC(C)(CO)[C@@H](O)C(=O)N(CCC(=O)NCCS)N=[N+]=[N-]. The summed E-state index contributed by atoms with van der Waals surface area (Å²) >= 11 is 3.94. The van der Waals surface area contributed by atoms with Gasteiger partial charge in [-0.15, -0.1) is 5.53 Å². The number of nitrogens with one attached hydrogen (secondary N) is 1. The third-order valence-corrected chi connectivity index (χ3v) is 2.99. The maximum atomic E-state index is 12.0. The first-order valence-corrected chi connectivity index (χ1v) is 6.96. The van der Waals surface area contributed by atoms with E-state index in [1.165, 1.54) is 13.8 Å². The predicted molar refractivity (Wildman–Crippen MR) is 79.2 cm³/mol. The molecule has 21 heavy (non-hydrogen) atoms. The van der Waals surface area contributed by atoms with Crippen molar-refractivity contribution in [2.75, 3.05) is 25.4 Å². The van der Waals surface area contributed by atoms with E-state index in [0.29, 0.717) is 17.3 Å². The van der Waals surface area contributed by atoms with Gasteiger partial charge in [0.15, 0.2) is 6.10 Å². The monoisotopic (exact) mass is 319 g/mol. The lowest BCUT2D eigenvalue weighted by Gasteiger charge is -2.27. The smallest absolute Gasteiger partial charge is 0.342 e. The topological polar surface area (TPSA) is 139 Å². The first kappa shape index (κ1) is 19.5. The Hall–Kier alpha value is -1.48. The summed E-state index contributed by atoms with van der Waals surface area (Å²) in [5, 5.41) is 25.4. The Morgan fingerprint density at radius 1 is 1.52 bits per heavy atom. The number of thiol groups is 1. The fourth-order valence-electron chi connectivity index (χ4n) is 1.30. The molecular weight excluding hydrogens is 298 g/mol. The van der Waals surface area contributed by atoms with Crippen LogP contribution in [0.3, 0.4) is 0 Å². The van der Waals surface area contributed by atoms with Gasteiger partial charge < -0.3 is 15.5 Å². The lowest BCUT2D eigenvalue weighted by molar-refractivity contribution is -0.148. The maximum absolute atomic E-state index is 12.0. The van der Waals surface area contributed by atoms with Crippen LogP contribution in [0.1, 0.15) is 20.3 Å². The Bertz CT molecular complexity index is 411. The van der Waals surface area contributed by atoms with Gasteiger partial charge in [0, 0.05) is 17.7 Å². The summed E-state index contributed by atoms with van der Waals surface area (Å²) in [5.74, 6) is -0.714. The van der Waals surface area contributed by atoms with Crippen LogP contribution in [0, 0.1) is 5.41 Å². The van der Waals surface area contributed by atoms with E-state index in [9.17, 15) is 14.7 Å². The minimum absolute atomic E-state index is 0.0786. The second-order valence-corrected chi connectivity index (χ2v) is 5.46. The van der Waals surface area contributed by atoms with Gasteiger partial charge in [-0.05, 0) is 5.22 Å². The van der Waals surface area contributed by atoms with E-state index >= 15 is 0 Å². The van der Waals surface area contributed by atoms with Crippen molar-refractivity contribution in [3.63, 3.8) is 0 Å². The van der Waals surface area contributed by atoms with Crippen molar-refractivity contribution in [2.24, 2.45) is 10.6 Å². The fraction of sp³-hybridized carbons (Fsp3) is 0.818. The number of azide groups is 1. The van der Waals surface area contributed by atoms with Crippen molar-refractivity contribution >= 4 is 24.4 Å². The zero-order valence-corrected chi connectivity index (χ0v) is 13.0. The minimum atomic E-state index is -1.55. The Kier molecular flexibility index (Phi) is 8.79. The fourth-order valence-corrected chi connectivity index (χ4v) is 1.41. The molecular formula is C11H21N5O4S. The van der Waals surface area contributed by atoms with Gasteiger partial charge in [-0.1, -0.05) is 13.8 Å². The summed E-state index contributed by atoms with van der Waals surface area (Å²) in [6.07, 6.45) is -1.63. The van der Waals surface area contributed by atoms with Crippen molar-refractivity contribution < 1.29 is 19.8 Å². The van der Waals surface area contributed by atoms with Crippen LogP contribution in [-0.2, 0) is 9.59 Å². The van der Waals surface area contributed by atoms with Gasteiger partial charge in [-0.2, -0.15) is 22.5 Å². The lowest BCUT2D eigenvalue weighted by atomic mass is 9.87. The van der Waals surface area contributed by atoms with Gasteiger partial charge in [-0.25, -0.2) is 4.79 Å². The minimum Gasteiger partial charge on any atom is -0.396 e. The molecule has 0 rings (SSSR count). The summed E-state index contributed by atoms with van der Waals surface area (Å²) in [7, 11) is 0. The van der Waals surface area contributed by atoms with Gasteiger partial charge in [0.1, 0.15) is 6.54 Å². The Labute approximate surface area is 128 Å². The zero-order valence-electron chi connectivity index (χ0n) is 12.1. The maximum Gasteiger partial charge on any atom is 0.342 e. The number of amides is 2. The molecule has 0 saturated heterocycles. The molecule has 0 aliphatic carbocycles. The zero-order chi connectivity index (χ0) is 16.5. The highest BCUT2D eigenvalue weighted by atomic mass is 32.1. The Balaban J connectivity index is 4.72. The molecule has 0 spiro atoms. The van der Waals surface area contributed by atoms with Crippen molar-refractivity contribution in [1.82, 2.24) is 10.3 Å². The van der Waals surface area contributed by atoms with Crippen LogP contribution in [0.4, 0.5) is 0 Å². The third-order valence-electron chi connectivity index (χ3n) is 2.77. The van der Waals surface area contributed by atoms with E-state index in [1.807, 2.05) is 0 Å². The van der Waals surface area contributed by atoms with Crippen LogP contribution in [0.25, 0.3) is 10.4 Å². The predicted octanol–water partition coefficient (Wildman–Crippen LogP) is -0.144. The molecule has 0 radical (unpaired) electrons. The van der Waals surface area contributed by atoms with Crippen molar-refractivity contribution in [1.29, 1.82) is 0 Å². The number of hydrogen-bond donors (Lipinski definition) is 4. The molecule has 9 nitrogen and oxygen atoms in total. The molecule has 0 aromatic rings. The van der Waals surface area contributed by atoms with Gasteiger partial charge >= 0.3 is 5.91 Å². The molecule has 0 aliphatic rings. The molecule has 0 unspecified atom stereocenters. The highest BCUT2D eigenvalue weighted by Gasteiger charge is 2.38. The summed E-state index contributed by atoms with van der Waals surface area (Å²) < 4.78 is 0. The Morgan fingerprint density at radius 2 is 2.14 bits per heavy atom. The summed E-state index contributed by atoms with van der Waals surface area (Å²) in [4.78, 5) is 26.0. The highest BCUT2D eigenvalue weighted by Crippen LogP contribution is 2.21. The molecule has 1 atom stereocenters. The molecule has 120 valence electrons. The van der Waals surface area contributed by atoms with Crippen LogP contribution >= 0.6 is 12.6 Å². The first-order chi connectivity index (χ1) is 9.80. The molecule has 0 bridgehead atoms. The number of carbonyl (C=O) groups excluding carboxylic acids is 2. The Morgan fingerprint density at radius 3 is 2.62 bits per heavy atom. The van der Waals surface area contributed by atoms with Crippen LogP contribution in [0.5, 0.6) is 0 Å². The average Bonchev–Trinajstić information content (AvgIpc) is 2.47. The number of rotatable bonds is 9. The quantitative estimate of drug-likeness (QED) is 0.154. The van der Waals surface area contributed by atoms with E-state index in [1.54, 1.807) is 0 Å². The van der Waals surface area contributed by atoms with E-state index in [2.05, 4.69) is 28.1 Å². The number of carbonyl (C=O) groups is 2.